The van der Waals surface area contributed by atoms with E-state index in [9.17, 15) is 31.7 Å². The number of carbonyl (C=O) groups is 1. The van der Waals surface area contributed by atoms with Gasteiger partial charge in [-0.3, -0.25) is 10.1 Å². The van der Waals surface area contributed by atoms with E-state index >= 15 is 0 Å². The molecule has 12 nitrogen and oxygen atoms in total. The lowest BCUT2D eigenvalue weighted by Gasteiger charge is -2.34. The maximum atomic E-state index is 14.0. The molecule has 0 saturated carbocycles. The van der Waals surface area contributed by atoms with Crippen molar-refractivity contribution in [3.05, 3.63) is 100 Å². The van der Waals surface area contributed by atoms with Crippen LogP contribution in [0, 0.1) is 23.0 Å². The molecular formula is C32H42N4O8S2. The molecule has 0 fully saturated rings. The summed E-state index contributed by atoms with van der Waals surface area (Å²) in [5.41, 5.74) is 0.456. The van der Waals surface area contributed by atoms with Crippen molar-refractivity contribution in [1.82, 2.24) is 14.3 Å². The first-order chi connectivity index (χ1) is 21.4. The summed E-state index contributed by atoms with van der Waals surface area (Å²) in [6, 6.07) is 17.5. The Balaban J connectivity index is 2.14. The molecule has 0 saturated heterocycles. The van der Waals surface area contributed by atoms with E-state index in [4.69, 9.17) is 4.74 Å². The Bertz CT molecular complexity index is 1690. The third-order valence-corrected chi connectivity index (χ3v) is 10.1. The number of nitro groups is 1. The molecule has 3 aromatic rings. The Morgan fingerprint density at radius 3 is 1.96 bits per heavy atom. The van der Waals surface area contributed by atoms with E-state index in [1.165, 1.54) is 16.4 Å². The van der Waals surface area contributed by atoms with Gasteiger partial charge in [0.15, 0.2) is 0 Å². The normalized spacial score (nSPS) is 13.7. The lowest BCUT2D eigenvalue weighted by atomic mass is 9.99. The highest BCUT2D eigenvalue weighted by Gasteiger charge is 2.36. The predicted octanol–water partition coefficient (Wildman–Crippen LogP) is 5.03. The summed E-state index contributed by atoms with van der Waals surface area (Å²) in [7, 11) is -8.51. The topological polar surface area (TPSA) is 165 Å². The van der Waals surface area contributed by atoms with Gasteiger partial charge in [0.25, 0.3) is 5.69 Å². The first-order valence-corrected chi connectivity index (χ1v) is 17.7. The van der Waals surface area contributed by atoms with Crippen LogP contribution in [0.3, 0.4) is 0 Å². The third-order valence-electron chi connectivity index (χ3n) is 6.78. The van der Waals surface area contributed by atoms with Crippen molar-refractivity contribution in [2.24, 2.45) is 5.92 Å². The minimum absolute atomic E-state index is 0.0374. The quantitative estimate of drug-likeness (QED) is 0.178. The molecule has 2 atom stereocenters. The maximum absolute atomic E-state index is 14.0. The molecule has 46 heavy (non-hydrogen) atoms. The Hall–Kier alpha value is -3.85. The number of benzene rings is 3. The Morgan fingerprint density at radius 1 is 0.870 bits per heavy atom. The molecule has 0 aliphatic carbocycles. The van der Waals surface area contributed by atoms with Gasteiger partial charge in [-0.15, -0.1) is 0 Å². The van der Waals surface area contributed by atoms with Crippen molar-refractivity contribution < 1.29 is 31.3 Å². The molecule has 0 aliphatic heterocycles. The molecule has 0 heterocycles. The van der Waals surface area contributed by atoms with E-state index in [0.29, 0.717) is 0 Å². The Labute approximate surface area is 271 Å². The van der Waals surface area contributed by atoms with Crippen LogP contribution >= 0.6 is 0 Å². The number of sulfonamides is 2. The molecular weight excluding hydrogens is 633 g/mol. The van der Waals surface area contributed by atoms with E-state index in [2.05, 4.69) is 10.0 Å². The summed E-state index contributed by atoms with van der Waals surface area (Å²) >= 11 is 0. The second-order valence-electron chi connectivity index (χ2n) is 12.5. The fourth-order valence-corrected chi connectivity index (χ4v) is 7.54. The average Bonchev–Trinajstić information content (AvgIpc) is 2.95. The fraction of sp³-hybridized carbons (Fsp3) is 0.406. The first kappa shape index (κ1) is 36.6. The number of nitro benzene ring substituents is 1. The van der Waals surface area contributed by atoms with Crippen LogP contribution < -0.4 is 10.0 Å². The van der Waals surface area contributed by atoms with E-state index in [-0.39, 0.29) is 40.9 Å². The molecule has 250 valence electrons. The van der Waals surface area contributed by atoms with Crippen molar-refractivity contribution in [2.75, 3.05) is 13.1 Å². The zero-order valence-electron chi connectivity index (χ0n) is 26.8. The molecule has 14 heteroatoms. The molecule has 0 spiro atoms. The van der Waals surface area contributed by atoms with Gasteiger partial charge in [0.1, 0.15) is 5.60 Å². The zero-order valence-corrected chi connectivity index (χ0v) is 28.5. The Kier molecular flexibility index (Phi) is 12.1. The van der Waals surface area contributed by atoms with E-state index < -0.39 is 48.7 Å². The lowest BCUT2D eigenvalue weighted by Crippen LogP contribution is -2.58. The molecule has 0 bridgehead atoms. The van der Waals surface area contributed by atoms with Crippen LogP contribution in [0.4, 0.5) is 10.5 Å². The third kappa shape index (κ3) is 10.6. The van der Waals surface area contributed by atoms with Crippen molar-refractivity contribution >= 4 is 31.8 Å². The minimum atomic E-state index is -4.39. The molecule has 0 aliphatic rings. The minimum Gasteiger partial charge on any atom is -0.444 e. The molecule has 0 radical (unpaired) electrons. The van der Waals surface area contributed by atoms with E-state index in [1.54, 1.807) is 57.2 Å². The number of amides is 1. The Morgan fingerprint density at radius 2 is 1.43 bits per heavy atom. The van der Waals surface area contributed by atoms with Gasteiger partial charge >= 0.3 is 6.09 Å². The smallest absolute Gasteiger partial charge is 0.407 e. The number of carbonyl (C=O) groups excluding carboxylic acids is 1. The number of ether oxygens (including phenoxy) is 1. The van der Waals surface area contributed by atoms with Crippen LogP contribution in [0.2, 0.25) is 0 Å². The number of aryl methyl sites for hydroxylation is 1. The summed E-state index contributed by atoms with van der Waals surface area (Å²) in [5, 5.41) is 13.9. The highest BCUT2D eigenvalue weighted by molar-refractivity contribution is 7.89. The van der Waals surface area contributed by atoms with Gasteiger partial charge < -0.3 is 10.1 Å². The van der Waals surface area contributed by atoms with Gasteiger partial charge in [-0.2, -0.15) is 4.31 Å². The number of non-ortho nitro benzene ring substituents is 1. The maximum Gasteiger partial charge on any atom is 0.407 e. The molecule has 1 amide bonds. The molecule has 0 unspecified atom stereocenters. The summed E-state index contributed by atoms with van der Waals surface area (Å²) in [4.78, 5) is 23.4. The van der Waals surface area contributed by atoms with Gasteiger partial charge in [0, 0.05) is 25.2 Å². The summed E-state index contributed by atoms with van der Waals surface area (Å²) in [6.45, 7) is 10.3. The fourth-order valence-electron chi connectivity index (χ4n) is 4.64. The van der Waals surface area contributed by atoms with Crippen LogP contribution in [-0.4, -0.2) is 62.9 Å². The SMILES string of the molecule is Cc1ccc(S(=O)(=O)N(CC(C)C)C[C@@H](NS(=O)(=O)c2ccc([N+](=O)[O-])cc2)[C@H](Cc2ccccc2)NC(=O)OC(C)(C)C)cc1. The number of hydrogen-bond donors (Lipinski definition) is 2. The second-order valence-corrected chi connectivity index (χ2v) is 16.1. The average molecular weight is 675 g/mol. The highest BCUT2D eigenvalue weighted by atomic mass is 32.2. The zero-order chi connectivity index (χ0) is 34.3. The largest absolute Gasteiger partial charge is 0.444 e. The molecule has 3 aromatic carbocycles. The number of nitrogens with zero attached hydrogens (tertiary/aromatic N) is 2. The summed E-state index contributed by atoms with van der Waals surface area (Å²) in [5.74, 6) is -0.140. The van der Waals surface area contributed by atoms with Crippen molar-refractivity contribution in [3.8, 4) is 0 Å². The van der Waals surface area contributed by atoms with Gasteiger partial charge in [0.2, 0.25) is 20.0 Å². The van der Waals surface area contributed by atoms with Crippen LogP contribution in [0.5, 0.6) is 0 Å². The molecule has 0 aromatic heterocycles. The van der Waals surface area contributed by atoms with E-state index in [0.717, 1.165) is 35.4 Å². The number of nitrogens with one attached hydrogen (secondary N) is 2. The van der Waals surface area contributed by atoms with Crippen LogP contribution in [0.25, 0.3) is 0 Å². The molecule has 2 N–H and O–H groups in total. The predicted molar refractivity (Wildman–Crippen MR) is 175 cm³/mol. The lowest BCUT2D eigenvalue weighted by molar-refractivity contribution is -0.384. The molecule has 3 rings (SSSR count). The number of alkyl carbamates (subject to hydrolysis) is 1. The number of hydrogen-bond acceptors (Lipinski definition) is 8. The second kappa shape index (κ2) is 15.2. The van der Waals surface area contributed by atoms with Gasteiger partial charge in [0.05, 0.1) is 26.8 Å². The van der Waals surface area contributed by atoms with Crippen LogP contribution in [-0.2, 0) is 31.2 Å². The van der Waals surface area contributed by atoms with Crippen molar-refractivity contribution in [1.29, 1.82) is 0 Å². The summed E-state index contributed by atoms with van der Waals surface area (Å²) in [6.07, 6.45) is -0.696. The van der Waals surface area contributed by atoms with Crippen LogP contribution in [0.15, 0.2) is 88.7 Å². The number of rotatable bonds is 14. The standard InChI is InChI=1S/C32H42N4O8S2/c1-23(2)21-35(46(42,43)28-16-12-24(3)13-17-28)22-30(34-45(40,41)27-18-14-26(15-19-27)36(38)39)29(20-25-10-8-7-9-11-25)33-31(37)44-32(4,5)6/h7-19,23,29-30,34H,20-22H2,1-6H3,(H,33,37)/t29-,30+/m0/s1. The van der Waals surface area contributed by atoms with E-state index in [1.807, 2.05) is 26.8 Å². The monoisotopic (exact) mass is 674 g/mol. The highest BCUT2D eigenvalue weighted by Crippen LogP contribution is 2.22. The van der Waals surface area contributed by atoms with Crippen molar-refractivity contribution in [2.45, 2.75) is 75.4 Å². The first-order valence-electron chi connectivity index (χ1n) is 14.7. The van der Waals surface area contributed by atoms with Gasteiger partial charge in [-0.25, -0.2) is 26.4 Å². The summed E-state index contributed by atoms with van der Waals surface area (Å²) < 4.78 is 64.9. The van der Waals surface area contributed by atoms with Gasteiger partial charge in [-0.05, 0) is 69.9 Å². The van der Waals surface area contributed by atoms with Crippen LogP contribution in [0.1, 0.15) is 45.7 Å². The van der Waals surface area contributed by atoms with Crippen molar-refractivity contribution in [3.63, 3.8) is 0 Å². The van der Waals surface area contributed by atoms with Gasteiger partial charge in [-0.1, -0.05) is 61.9 Å².